The summed E-state index contributed by atoms with van der Waals surface area (Å²) in [6.45, 7) is 7.79. The van der Waals surface area contributed by atoms with Gasteiger partial charge in [-0.3, -0.25) is 24.0 Å². The number of Topliss-reactive ketones (excluding diaryl/α,β-unsaturated/α-hetero) is 1. The van der Waals surface area contributed by atoms with E-state index in [1.165, 1.54) is 33.1 Å². The van der Waals surface area contributed by atoms with Crippen LogP contribution in [-0.4, -0.2) is 60.6 Å². The summed E-state index contributed by atoms with van der Waals surface area (Å²) in [6, 6.07) is 10.5. The van der Waals surface area contributed by atoms with E-state index in [1.807, 2.05) is 30.3 Å². The third-order valence-corrected chi connectivity index (χ3v) is 6.01. The SMILES string of the molecule is COC(=O)[C@@H](Cc1ccccc1)NC(=O)[C@@H](NC(=O)[C@H](C)NC(=O)C(=O)c1cc(C)ccc1NC(C)=O)C(C)C.Cl. The Kier molecular flexibility index (Phi) is 13.7. The number of halogens is 1. The molecule has 2 rings (SSSR count). The molecule has 0 saturated heterocycles. The molecule has 11 nitrogen and oxygen atoms in total. The number of carbonyl (C=O) groups excluding carboxylic acids is 6. The Hall–Kier alpha value is -4.25. The molecule has 0 aliphatic rings. The fourth-order valence-corrected chi connectivity index (χ4v) is 3.85. The highest BCUT2D eigenvalue weighted by Crippen LogP contribution is 2.18. The Balaban J connectivity index is 0.00000840. The number of methoxy groups -OCH3 is 1. The van der Waals surface area contributed by atoms with Crippen LogP contribution in [0, 0.1) is 12.8 Å². The van der Waals surface area contributed by atoms with Crippen LogP contribution in [0.3, 0.4) is 0 Å². The number of nitrogens with one attached hydrogen (secondary N) is 4. The van der Waals surface area contributed by atoms with Crippen LogP contribution in [0.25, 0.3) is 0 Å². The van der Waals surface area contributed by atoms with Gasteiger partial charge in [-0.1, -0.05) is 55.8 Å². The quantitative estimate of drug-likeness (QED) is 0.168. The normalized spacial score (nSPS) is 12.6. The average Bonchev–Trinajstić information content (AvgIpc) is 2.91. The number of anilines is 1. The third-order valence-electron chi connectivity index (χ3n) is 6.01. The van der Waals surface area contributed by atoms with Gasteiger partial charge in [0, 0.05) is 13.3 Å². The van der Waals surface area contributed by atoms with Crippen LogP contribution in [0.1, 0.15) is 49.2 Å². The summed E-state index contributed by atoms with van der Waals surface area (Å²) in [4.78, 5) is 75.5. The number of carbonyl (C=O) groups is 6. The van der Waals surface area contributed by atoms with Crippen molar-refractivity contribution < 1.29 is 33.5 Å². The van der Waals surface area contributed by atoms with Crippen molar-refractivity contribution in [2.45, 2.75) is 59.2 Å². The van der Waals surface area contributed by atoms with Gasteiger partial charge in [0.1, 0.15) is 18.1 Å². The van der Waals surface area contributed by atoms with Crippen LogP contribution < -0.4 is 21.3 Å². The monoisotopic (exact) mass is 588 g/mol. The molecule has 4 amide bonds. The molecule has 0 aliphatic carbocycles. The summed E-state index contributed by atoms with van der Waals surface area (Å²) in [5.74, 6) is -4.74. The van der Waals surface area contributed by atoms with E-state index in [-0.39, 0.29) is 36.0 Å². The molecule has 222 valence electrons. The van der Waals surface area contributed by atoms with Crippen LogP contribution in [0.15, 0.2) is 48.5 Å². The first-order chi connectivity index (χ1) is 18.8. The van der Waals surface area contributed by atoms with Crippen molar-refractivity contribution in [3.63, 3.8) is 0 Å². The largest absolute Gasteiger partial charge is 0.467 e. The summed E-state index contributed by atoms with van der Waals surface area (Å²) >= 11 is 0. The van der Waals surface area contributed by atoms with E-state index >= 15 is 0 Å². The molecular weight excluding hydrogens is 552 g/mol. The van der Waals surface area contributed by atoms with Crippen molar-refractivity contribution in [3.05, 3.63) is 65.2 Å². The smallest absolute Gasteiger partial charge is 0.328 e. The maximum Gasteiger partial charge on any atom is 0.328 e. The van der Waals surface area contributed by atoms with E-state index in [9.17, 15) is 28.8 Å². The van der Waals surface area contributed by atoms with E-state index in [0.717, 1.165) is 5.56 Å². The Labute approximate surface area is 245 Å². The number of ketones is 1. The van der Waals surface area contributed by atoms with Crippen molar-refractivity contribution in [3.8, 4) is 0 Å². The van der Waals surface area contributed by atoms with Gasteiger partial charge in [-0.15, -0.1) is 12.4 Å². The van der Waals surface area contributed by atoms with Gasteiger partial charge in [-0.25, -0.2) is 4.79 Å². The number of rotatable bonds is 12. The predicted octanol–water partition coefficient (Wildman–Crippen LogP) is 2.10. The number of hydrogen-bond donors (Lipinski definition) is 4. The second-order valence-corrected chi connectivity index (χ2v) is 9.76. The molecule has 0 heterocycles. The van der Waals surface area contributed by atoms with Crippen LogP contribution >= 0.6 is 12.4 Å². The van der Waals surface area contributed by atoms with Crippen molar-refractivity contribution in [2.24, 2.45) is 5.92 Å². The second-order valence-electron chi connectivity index (χ2n) is 9.76. The minimum absolute atomic E-state index is 0. The van der Waals surface area contributed by atoms with E-state index < -0.39 is 53.5 Å². The second kappa shape index (κ2) is 16.1. The molecule has 0 bridgehead atoms. The highest BCUT2D eigenvalue weighted by atomic mass is 35.5. The molecule has 41 heavy (non-hydrogen) atoms. The molecule has 4 N–H and O–H groups in total. The fraction of sp³-hybridized carbons (Fsp3) is 0.379. The zero-order chi connectivity index (χ0) is 30.0. The van der Waals surface area contributed by atoms with Gasteiger partial charge in [-0.05, 0) is 37.5 Å². The summed E-state index contributed by atoms with van der Waals surface area (Å²) in [6.07, 6.45) is 0.187. The lowest BCUT2D eigenvalue weighted by molar-refractivity contribution is -0.145. The topological polar surface area (TPSA) is 160 Å². The number of aryl methyl sites for hydroxylation is 1. The first-order valence-corrected chi connectivity index (χ1v) is 12.8. The molecule has 0 fully saturated rings. The molecule has 0 aliphatic heterocycles. The lowest BCUT2D eigenvalue weighted by Gasteiger charge is -2.26. The number of hydrogen-bond acceptors (Lipinski definition) is 7. The predicted molar refractivity (Wildman–Crippen MR) is 156 cm³/mol. The minimum Gasteiger partial charge on any atom is -0.467 e. The number of ether oxygens (including phenoxy) is 1. The van der Waals surface area contributed by atoms with E-state index in [0.29, 0.717) is 5.56 Å². The van der Waals surface area contributed by atoms with E-state index in [4.69, 9.17) is 4.74 Å². The van der Waals surface area contributed by atoms with Crippen molar-refractivity contribution in [1.29, 1.82) is 0 Å². The molecule has 0 saturated carbocycles. The van der Waals surface area contributed by atoms with Gasteiger partial charge in [0.2, 0.25) is 17.7 Å². The van der Waals surface area contributed by atoms with Gasteiger partial charge in [0.25, 0.3) is 11.7 Å². The van der Waals surface area contributed by atoms with Crippen molar-refractivity contribution >= 4 is 53.5 Å². The van der Waals surface area contributed by atoms with E-state index in [2.05, 4.69) is 21.3 Å². The Bertz CT molecular complexity index is 1270. The Morgan fingerprint density at radius 1 is 0.854 bits per heavy atom. The van der Waals surface area contributed by atoms with Gasteiger partial charge < -0.3 is 26.0 Å². The summed E-state index contributed by atoms with van der Waals surface area (Å²) < 4.78 is 4.84. The first-order valence-electron chi connectivity index (χ1n) is 12.8. The van der Waals surface area contributed by atoms with Crippen LogP contribution in [0.2, 0.25) is 0 Å². The molecule has 0 radical (unpaired) electrons. The maximum atomic E-state index is 13.1. The third kappa shape index (κ3) is 10.3. The van der Waals surface area contributed by atoms with Crippen LogP contribution in [0.5, 0.6) is 0 Å². The van der Waals surface area contributed by atoms with E-state index in [1.54, 1.807) is 26.8 Å². The molecule has 0 spiro atoms. The molecule has 0 aromatic heterocycles. The zero-order valence-corrected chi connectivity index (χ0v) is 24.7. The van der Waals surface area contributed by atoms with Gasteiger partial charge in [0.05, 0.1) is 18.4 Å². The average molecular weight is 589 g/mol. The first kappa shape index (κ1) is 34.8. The molecular formula is C29H37ClN4O7. The summed E-state index contributed by atoms with van der Waals surface area (Å²) in [7, 11) is 1.22. The maximum absolute atomic E-state index is 13.1. The Morgan fingerprint density at radius 3 is 2.05 bits per heavy atom. The fourth-order valence-electron chi connectivity index (χ4n) is 3.85. The zero-order valence-electron chi connectivity index (χ0n) is 23.9. The minimum atomic E-state index is -1.18. The highest BCUT2D eigenvalue weighted by Gasteiger charge is 2.31. The Morgan fingerprint density at radius 2 is 1.49 bits per heavy atom. The summed E-state index contributed by atoms with van der Waals surface area (Å²) in [5.41, 5.74) is 1.65. The molecule has 0 unspecified atom stereocenters. The number of esters is 1. The van der Waals surface area contributed by atoms with Crippen LogP contribution in [0.4, 0.5) is 5.69 Å². The van der Waals surface area contributed by atoms with Gasteiger partial charge in [0.15, 0.2) is 0 Å². The van der Waals surface area contributed by atoms with Crippen molar-refractivity contribution in [2.75, 3.05) is 12.4 Å². The molecule has 2 aromatic carbocycles. The van der Waals surface area contributed by atoms with Crippen LogP contribution in [-0.2, 0) is 35.1 Å². The number of benzene rings is 2. The molecule has 2 aromatic rings. The van der Waals surface area contributed by atoms with Crippen molar-refractivity contribution in [1.82, 2.24) is 16.0 Å². The summed E-state index contributed by atoms with van der Waals surface area (Å²) in [5, 5.41) is 10.1. The lowest BCUT2D eigenvalue weighted by atomic mass is 10.0. The number of amides is 4. The standard InChI is InChI=1S/C29H36N4O7.ClH/c1-16(2)24(27(37)32-23(29(39)40-6)15-20-10-8-7-9-11-20)33-26(36)18(4)30-28(38)25(35)21-14-17(3)12-13-22(21)31-19(5)34;/h7-14,16,18,23-24H,15H2,1-6H3,(H,30,38)(H,31,34)(H,32,37)(H,33,36);1H/t18-,23+,24-;/m0./s1. The molecule has 3 atom stereocenters. The lowest BCUT2D eigenvalue weighted by Crippen LogP contribution is -2.57. The van der Waals surface area contributed by atoms with Gasteiger partial charge >= 0.3 is 5.97 Å². The van der Waals surface area contributed by atoms with Gasteiger partial charge in [-0.2, -0.15) is 0 Å². The highest BCUT2D eigenvalue weighted by molar-refractivity contribution is 6.44. The molecule has 12 heteroatoms.